The van der Waals surface area contributed by atoms with Crippen molar-refractivity contribution in [2.75, 3.05) is 13.2 Å². The average Bonchev–Trinajstić information content (AvgIpc) is 2.98. The van der Waals surface area contributed by atoms with Gasteiger partial charge in [0.05, 0.1) is 17.8 Å². The Kier molecular flexibility index (Phi) is 3.89. The fourth-order valence-electron chi connectivity index (χ4n) is 3.70. The van der Waals surface area contributed by atoms with Crippen molar-refractivity contribution < 1.29 is 9.47 Å². The molecule has 2 aromatic rings. The first-order chi connectivity index (χ1) is 10.8. The number of aryl methyl sites for hydroxylation is 1. The zero-order valence-electron chi connectivity index (χ0n) is 13.3. The predicted molar refractivity (Wildman–Crippen MR) is 85.9 cm³/mol. The third kappa shape index (κ3) is 2.55. The summed E-state index contributed by atoms with van der Waals surface area (Å²) in [6.45, 7) is 3.91. The number of ether oxygens (including phenoxy) is 2. The number of hydrogen-bond acceptors (Lipinski definition) is 3. The van der Waals surface area contributed by atoms with Crippen LogP contribution in [-0.4, -0.2) is 23.0 Å². The smallest absolute Gasteiger partial charge is 0.150 e. The minimum Gasteiger partial charge on any atom is -0.374 e. The van der Waals surface area contributed by atoms with Crippen LogP contribution in [0.15, 0.2) is 18.3 Å². The van der Waals surface area contributed by atoms with Crippen molar-refractivity contribution in [3.05, 3.63) is 29.5 Å². The van der Waals surface area contributed by atoms with Crippen molar-refractivity contribution in [1.29, 1.82) is 0 Å². The zero-order chi connectivity index (χ0) is 14.9. The van der Waals surface area contributed by atoms with Gasteiger partial charge in [-0.15, -0.1) is 0 Å². The van der Waals surface area contributed by atoms with Gasteiger partial charge in [-0.2, -0.15) is 5.10 Å². The Hall–Kier alpha value is -1.39. The molecule has 0 bridgehead atoms. The summed E-state index contributed by atoms with van der Waals surface area (Å²) in [5.74, 6) is 0. The van der Waals surface area contributed by atoms with Crippen LogP contribution in [-0.2, 0) is 9.47 Å². The van der Waals surface area contributed by atoms with Gasteiger partial charge in [-0.1, -0.05) is 0 Å². The van der Waals surface area contributed by atoms with Gasteiger partial charge in [0.2, 0.25) is 0 Å². The molecular formula is C18H24N2O2. The number of hydrogen-bond donors (Lipinski definition) is 0. The van der Waals surface area contributed by atoms with Crippen LogP contribution < -0.4 is 0 Å². The highest BCUT2D eigenvalue weighted by atomic mass is 16.5. The highest BCUT2D eigenvalue weighted by Crippen LogP contribution is 2.34. The van der Waals surface area contributed by atoms with E-state index >= 15 is 0 Å². The Labute approximate surface area is 131 Å². The maximum Gasteiger partial charge on any atom is 0.150 e. The lowest BCUT2D eigenvalue weighted by Crippen LogP contribution is -2.19. The Bertz CT molecular complexity index is 652. The molecule has 1 aromatic carbocycles. The summed E-state index contributed by atoms with van der Waals surface area (Å²) < 4.78 is 14.0. The third-order valence-electron chi connectivity index (χ3n) is 4.94. The minimum atomic E-state index is 0.0917. The van der Waals surface area contributed by atoms with Gasteiger partial charge in [-0.3, -0.25) is 0 Å². The monoisotopic (exact) mass is 300 g/mol. The SMILES string of the molecule is Cc1cc2cnn(C3CCCCO3)c2cc1C1CCCCO1. The van der Waals surface area contributed by atoms with Gasteiger partial charge in [-0.25, -0.2) is 4.68 Å². The molecule has 1 aromatic heterocycles. The van der Waals surface area contributed by atoms with Crippen molar-refractivity contribution >= 4 is 10.9 Å². The summed E-state index contributed by atoms with van der Waals surface area (Å²) in [5.41, 5.74) is 3.81. The molecule has 4 rings (SSSR count). The van der Waals surface area contributed by atoms with Crippen LogP contribution in [0.3, 0.4) is 0 Å². The molecule has 0 radical (unpaired) electrons. The quantitative estimate of drug-likeness (QED) is 0.830. The van der Waals surface area contributed by atoms with Crippen molar-refractivity contribution in [2.45, 2.75) is 57.8 Å². The van der Waals surface area contributed by atoms with Gasteiger partial charge >= 0.3 is 0 Å². The van der Waals surface area contributed by atoms with E-state index < -0.39 is 0 Å². The molecule has 2 aliphatic rings. The molecule has 2 fully saturated rings. The molecule has 2 atom stereocenters. The maximum atomic E-state index is 5.99. The summed E-state index contributed by atoms with van der Waals surface area (Å²) in [6.07, 6.45) is 9.31. The fourth-order valence-corrected chi connectivity index (χ4v) is 3.70. The van der Waals surface area contributed by atoms with Crippen LogP contribution in [0.4, 0.5) is 0 Å². The van der Waals surface area contributed by atoms with Crippen LogP contribution in [0.25, 0.3) is 10.9 Å². The molecule has 0 spiro atoms. The molecular weight excluding hydrogens is 276 g/mol. The molecule has 0 saturated carbocycles. The molecule has 0 N–H and O–H groups in total. The Balaban J connectivity index is 1.73. The molecule has 2 aliphatic heterocycles. The first kappa shape index (κ1) is 14.2. The number of rotatable bonds is 2. The summed E-state index contributed by atoms with van der Waals surface area (Å²) in [7, 11) is 0. The number of benzene rings is 1. The van der Waals surface area contributed by atoms with E-state index in [1.54, 1.807) is 0 Å². The molecule has 2 unspecified atom stereocenters. The van der Waals surface area contributed by atoms with Gasteiger partial charge < -0.3 is 9.47 Å². The predicted octanol–water partition coefficient (Wildman–Crippen LogP) is 4.29. The molecule has 22 heavy (non-hydrogen) atoms. The van der Waals surface area contributed by atoms with E-state index in [2.05, 4.69) is 28.8 Å². The minimum absolute atomic E-state index is 0.0917. The van der Waals surface area contributed by atoms with Gasteiger partial charge in [0.15, 0.2) is 6.23 Å². The van der Waals surface area contributed by atoms with E-state index in [1.807, 2.05) is 6.20 Å². The highest BCUT2D eigenvalue weighted by molar-refractivity contribution is 5.80. The van der Waals surface area contributed by atoms with Crippen LogP contribution in [0, 0.1) is 6.92 Å². The Morgan fingerprint density at radius 3 is 2.59 bits per heavy atom. The van der Waals surface area contributed by atoms with Gasteiger partial charge in [0.25, 0.3) is 0 Å². The van der Waals surface area contributed by atoms with E-state index in [0.717, 1.165) is 32.5 Å². The number of fused-ring (bicyclic) bond motifs is 1. The van der Waals surface area contributed by atoms with E-state index in [1.165, 1.54) is 41.3 Å². The van der Waals surface area contributed by atoms with E-state index in [-0.39, 0.29) is 12.3 Å². The first-order valence-corrected chi connectivity index (χ1v) is 8.54. The summed E-state index contributed by atoms with van der Waals surface area (Å²) in [5, 5.41) is 5.80. The van der Waals surface area contributed by atoms with E-state index in [9.17, 15) is 0 Å². The maximum absolute atomic E-state index is 5.99. The normalized spacial score (nSPS) is 26.4. The third-order valence-corrected chi connectivity index (χ3v) is 4.94. The molecule has 4 heteroatoms. The van der Waals surface area contributed by atoms with E-state index in [4.69, 9.17) is 9.47 Å². The number of nitrogens with zero attached hydrogens (tertiary/aromatic N) is 2. The molecule has 2 saturated heterocycles. The van der Waals surface area contributed by atoms with Crippen molar-refractivity contribution in [3.8, 4) is 0 Å². The standard InChI is InChI=1S/C18H24N2O2/c1-13-10-14-12-19-20(18-7-3-5-9-22-18)16(14)11-15(13)17-6-2-4-8-21-17/h10-12,17-18H,2-9H2,1H3. The highest BCUT2D eigenvalue weighted by Gasteiger charge is 2.22. The van der Waals surface area contributed by atoms with Crippen LogP contribution >= 0.6 is 0 Å². The first-order valence-electron chi connectivity index (χ1n) is 8.54. The van der Waals surface area contributed by atoms with Gasteiger partial charge in [0.1, 0.15) is 0 Å². The lowest BCUT2D eigenvalue weighted by molar-refractivity contribution is -0.0367. The molecule has 118 valence electrons. The molecule has 0 amide bonds. The van der Waals surface area contributed by atoms with Crippen molar-refractivity contribution in [2.24, 2.45) is 0 Å². The molecule has 0 aliphatic carbocycles. The molecule has 4 nitrogen and oxygen atoms in total. The lowest BCUT2D eigenvalue weighted by Gasteiger charge is -2.26. The van der Waals surface area contributed by atoms with Crippen LogP contribution in [0.5, 0.6) is 0 Å². The summed E-state index contributed by atoms with van der Waals surface area (Å²) >= 11 is 0. The zero-order valence-corrected chi connectivity index (χ0v) is 13.3. The number of aromatic nitrogens is 2. The summed E-state index contributed by atoms with van der Waals surface area (Å²) in [4.78, 5) is 0. The fraction of sp³-hybridized carbons (Fsp3) is 0.611. The second kappa shape index (κ2) is 6.01. The van der Waals surface area contributed by atoms with E-state index in [0.29, 0.717) is 0 Å². The van der Waals surface area contributed by atoms with Crippen molar-refractivity contribution in [3.63, 3.8) is 0 Å². The van der Waals surface area contributed by atoms with Gasteiger partial charge in [0, 0.05) is 18.6 Å². The molecule has 3 heterocycles. The lowest BCUT2D eigenvalue weighted by atomic mass is 9.96. The topological polar surface area (TPSA) is 36.3 Å². The Morgan fingerprint density at radius 1 is 1.05 bits per heavy atom. The van der Waals surface area contributed by atoms with Gasteiger partial charge in [-0.05, 0) is 68.7 Å². The largest absolute Gasteiger partial charge is 0.374 e. The second-order valence-electron chi connectivity index (χ2n) is 6.53. The average molecular weight is 300 g/mol. The Morgan fingerprint density at radius 2 is 1.86 bits per heavy atom. The second-order valence-corrected chi connectivity index (χ2v) is 6.53. The van der Waals surface area contributed by atoms with Crippen molar-refractivity contribution in [1.82, 2.24) is 9.78 Å². The van der Waals surface area contributed by atoms with Crippen LogP contribution in [0.2, 0.25) is 0 Å². The van der Waals surface area contributed by atoms with Crippen LogP contribution in [0.1, 0.15) is 62.0 Å². The summed E-state index contributed by atoms with van der Waals surface area (Å²) in [6, 6.07) is 4.53.